The zero-order valence-corrected chi connectivity index (χ0v) is 14.0. The number of hydrogen-bond acceptors (Lipinski definition) is 2. The van der Waals surface area contributed by atoms with Crippen molar-refractivity contribution in [3.63, 3.8) is 0 Å². The summed E-state index contributed by atoms with van der Waals surface area (Å²) in [6.07, 6.45) is 4.94. The minimum absolute atomic E-state index is 0.821. The highest BCUT2D eigenvalue weighted by Gasteiger charge is 2.02. The maximum absolute atomic E-state index is 5.81. The minimum atomic E-state index is 0.821. The number of ether oxygens (including phenoxy) is 1. The number of unbranched alkanes of at least 4 members (excludes halogenated alkanes) is 3. The molecule has 108 valence electrons. The number of rotatable bonds is 9. The summed E-state index contributed by atoms with van der Waals surface area (Å²) in [7, 11) is 0. The lowest BCUT2D eigenvalue weighted by atomic mass is 10.1. The van der Waals surface area contributed by atoms with Gasteiger partial charge in [-0.05, 0) is 63.0 Å². The molecule has 0 saturated heterocycles. The Kier molecular flexibility index (Phi) is 8.15. The average molecular weight is 328 g/mol. The summed E-state index contributed by atoms with van der Waals surface area (Å²) in [4.78, 5) is 0. The molecule has 0 radical (unpaired) electrons. The summed E-state index contributed by atoms with van der Waals surface area (Å²) in [5.41, 5.74) is 2.47. The highest BCUT2D eigenvalue weighted by molar-refractivity contribution is 9.10. The van der Waals surface area contributed by atoms with Crippen LogP contribution in [-0.2, 0) is 0 Å². The summed E-state index contributed by atoms with van der Waals surface area (Å²) in [5, 5.41) is 3.35. The summed E-state index contributed by atoms with van der Waals surface area (Å²) in [5.74, 6) is 0.992. The van der Waals surface area contributed by atoms with Crippen molar-refractivity contribution >= 4 is 15.9 Å². The SMILES string of the molecule is CCNCCCCCCOc1cc(C)c(Br)c(C)c1. The van der Waals surface area contributed by atoms with Crippen LogP contribution in [0.2, 0.25) is 0 Å². The van der Waals surface area contributed by atoms with Crippen LogP contribution in [0.5, 0.6) is 5.75 Å². The fourth-order valence-electron chi connectivity index (χ4n) is 2.06. The summed E-state index contributed by atoms with van der Waals surface area (Å²) >= 11 is 3.57. The molecule has 1 aromatic rings. The Hall–Kier alpha value is -0.540. The van der Waals surface area contributed by atoms with E-state index in [2.05, 4.69) is 54.2 Å². The zero-order chi connectivity index (χ0) is 14.1. The Morgan fingerprint density at radius 3 is 2.32 bits per heavy atom. The maximum atomic E-state index is 5.81. The lowest BCUT2D eigenvalue weighted by molar-refractivity contribution is 0.304. The third-order valence-electron chi connectivity index (χ3n) is 3.18. The Morgan fingerprint density at radius 1 is 1.05 bits per heavy atom. The van der Waals surface area contributed by atoms with Crippen molar-refractivity contribution in [2.75, 3.05) is 19.7 Å². The molecule has 0 aliphatic heterocycles. The summed E-state index contributed by atoms with van der Waals surface area (Å²) in [6, 6.07) is 4.20. The van der Waals surface area contributed by atoms with Gasteiger partial charge in [-0.3, -0.25) is 0 Å². The summed E-state index contributed by atoms with van der Waals surface area (Å²) in [6.45, 7) is 9.39. The molecule has 3 heteroatoms. The van der Waals surface area contributed by atoms with Gasteiger partial charge in [-0.2, -0.15) is 0 Å². The van der Waals surface area contributed by atoms with E-state index in [4.69, 9.17) is 4.74 Å². The molecule has 0 spiro atoms. The molecule has 19 heavy (non-hydrogen) atoms. The van der Waals surface area contributed by atoms with Crippen LogP contribution in [0.25, 0.3) is 0 Å². The minimum Gasteiger partial charge on any atom is -0.494 e. The Balaban J connectivity index is 2.16. The Morgan fingerprint density at radius 2 is 1.68 bits per heavy atom. The van der Waals surface area contributed by atoms with Gasteiger partial charge in [0.05, 0.1) is 6.61 Å². The van der Waals surface area contributed by atoms with E-state index in [-0.39, 0.29) is 0 Å². The zero-order valence-electron chi connectivity index (χ0n) is 12.4. The number of benzene rings is 1. The monoisotopic (exact) mass is 327 g/mol. The Bertz CT molecular complexity index is 356. The molecule has 1 N–H and O–H groups in total. The fraction of sp³-hybridized carbons (Fsp3) is 0.625. The molecule has 0 bridgehead atoms. The van der Waals surface area contributed by atoms with E-state index in [0.29, 0.717) is 0 Å². The topological polar surface area (TPSA) is 21.3 Å². The van der Waals surface area contributed by atoms with E-state index in [0.717, 1.165) is 31.9 Å². The van der Waals surface area contributed by atoms with Crippen LogP contribution in [-0.4, -0.2) is 19.7 Å². The van der Waals surface area contributed by atoms with Crippen LogP contribution in [0.15, 0.2) is 16.6 Å². The molecule has 0 amide bonds. The van der Waals surface area contributed by atoms with Crippen molar-refractivity contribution < 1.29 is 4.74 Å². The van der Waals surface area contributed by atoms with Crippen LogP contribution in [0.4, 0.5) is 0 Å². The molecule has 0 atom stereocenters. The van der Waals surface area contributed by atoms with E-state index in [1.54, 1.807) is 0 Å². The number of halogens is 1. The maximum Gasteiger partial charge on any atom is 0.119 e. The lowest BCUT2D eigenvalue weighted by Crippen LogP contribution is -2.13. The second-order valence-electron chi connectivity index (χ2n) is 4.99. The van der Waals surface area contributed by atoms with E-state index >= 15 is 0 Å². The third kappa shape index (κ3) is 6.44. The first kappa shape index (κ1) is 16.5. The average Bonchev–Trinajstić information content (AvgIpc) is 2.39. The van der Waals surface area contributed by atoms with Crippen molar-refractivity contribution in [3.8, 4) is 5.75 Å². The number of hydrogen-bond donors (Lipinski definition) is 1. The first-order valence-corrected chi connectivity index (χ1v) is 8.04. The molecule has 1 aromatic carbocycles. The van der Waals surface area contributed by atoms with Gasteiger partial charge < -0.3 is 10.1 Å². The van der Waals surface area contributed by atoms with E-state index < -0.39 is 0 Å². The van der Waals surface area contributed by atoms with E-state index in [1.807, 2.05) is 0 Å². The normalized spacial score (nSPS) is 10.7. The molecule has 2 nitrogen and oxygen atoms in total. The van der Waals surface area contributed by atoms with Crippen LogP contribution in [0.1, 0.15) is 43.7 Å². The van der Waals surface area contributed by atoms with Gasteiger partial charge in [0.25, 0.3) is 0 Å². The van der Waals surface area contributed by atoms with Gasteiger partial charge in [0, 0.05) is 4.47 Å². The van der Waals surface area contributed by atoms with Gasteiger partial charge in [0.15, 0.2) is 0 Å². The molecular weight excluding hydrogens is 302 g/mol. The smallest absolute Gasteiger partial charge is 0.119 e. The largest absolute Gasteiger partial charge is 0.494 e. The van der Waals surface area contributed by atoms with Crippen LogP contribution < -0.4 is 10.1 Å². The number of aryl methyl sites for hydroxylation is 2. The van der Waals surface area contributed by atoms with Gasteiger partial charge in [-0.25, -0.2) is 0 Å². The van der Waals surface area contributed by atoms with Crippen molar-refractivity contribution in [1.29, 1.82) is 0 Å². The van der Waals surface area contributed by atoms with Gasteiger partial charge >= 0.3 is 0 Å². The van der Waals surface area contributed by atoms with E-state index in [1.165, 1.54) is 34.9 Å². The van der Waals surface area contributed by atoms with Crippen molar-refractivity contribution in [2.45, 2.75) is 46.5 Å². The molecule has 0 aromatic heterocycles. The van der Waals surface area contributed by atoms with Gasteiger partial charge in [0.2, 0.25) is 0 Å². The van der Waals surface area contributed by atoms with Crippen molar-refractivity contribution in [2.24, 2.45) is 0 Å². The predicted octanol–water partition coefficient (Wildman–Crippen LogP) is 4.61. The van der Waals surface area contributed by atoms with Gasteiger partial charge in [-0.1, -0.05) is 35.7 Å². The van der Waals surface area contributed by atoms with Crippen LogP contribution in [0, 0.1) is 13.8 Å². The predicted molar refractivity (Wildman–Crippen MR) is 86.1 cm³/mol. The molecule has 0 unspecified atom stereocenters. The summed E-state index contributed by atoms with van der Waals surface area (Å²) < 4.78 is 7.00. The van der Waals surface area contributed by atoms with Crippen LogP contribution in [0.3, 0.4) is 0 Å². The second kappa shape index (κ2) is 9.38. The molecule has 0 saturated carbocycles. The van der Waals surface area contributed by atoms with Crippen molar-refractivity contribution in [1.82, 2.24) is 5.32 Å². The van der Waals surface area contributed by atoms with Gasteiger partial charge in [-0.15, -0.1) is 0 Å². The Labute approximate surface area is 126 Å². The first-order chi connectivity index (χ1) is 9.15. The highest BCUT2D eigenvalue weighted by atomic mass is 79.9. The molecule has 0 heterocycles. The van der Waals surface area contributed by atoms with Gasteiger partial charge in [0.1, 0.15) is 5.75 Å². The molecular formula is C16H26BrNO. The standard InChI is InChI=1S/C16H26BrNO/c1-4-18-9-7-5-6-8-10-19-15-11-13(2)16(17)14(3)12-15/h11-12,18H,4-10H2,1-3H3. The number of nitrogens with one attached hydrogen (secondary N) is 1. The second-order valence-corrected chi connectivity index (χ2v) is 5.78. The quantitative estimate of drug-likeness (QED) is 0.668. The molecule has 0 aliphatic rings. The molecule has 0 aliphatic carbocycles. The fourth-order valence-corrected chi connectivity index (χ4v) is 2.29. The van der Waals surface area contributed by atoms with Crippen LogP contribution >= 0.6 is 15.9 Å². The lowest BCUT2D eigenvalue weighted by Gasteiger charge is -2.10. The van der Waals surface area contributed by atoms with Crippen molar-refractivity contribution in [3.05, 3.63) is 27.7 Å². The first-order valence-electron chi connectivity index (χ1n) is 7.25. The third-order valence-corrected chi connectivity index (χ3v) is 4.43. The van der Waals surface area contributed by atoms with E-state index in [9.17, 15) is 0 Å². The molecule has 1 rings (SSSR count). The molecule has 0 fully saturated rings. The highest BCUT2D eigenvalue weighted by Crippen LogP contribution is 2.26.